The first-order valence-corrected chi connectivity index (χ1v) is 6.87. The highest BCUT2D eigenvalue weighted by atomic mass is 79.9. The molecule has 0 saturated carbocycles. The SMILES string of the molecule is CC1COCCN1CCNc1ccccc1Br. The van der Waals surface area contributed by atoms with Crippen LogP contribution >= 0.6 is 15.9 Å². The fourth-order valence-corrected chi connectivity index (χ4v) is 2.46. The van der Waals surface area contributed by atoms with Gasteiger partial charge >= 0.3 is 0 Å². The third-order valence-corrected chi connectivity index (χ3v) is 3.79. The van der Waals surface area contributed by atoms with Crippen LogP contribution in [0.1, 0.15) is 6.92 Å². The standard InChI is InChI=1S/C13H19BrN2O/c1-11-10-17-9-8-16(11)7-6-15-13-5-3-2-4-12(13)14/h2-5,11,15H,6-10H2,1H3. The second kappa shape index (κ2) is 6.38. The summed E-state index contributed by atoms with van der Waals surface area (Å²) >= 11 is 3.54. The smallest absolute Gasteiger partial charge is 0.0619 e. The third-order valence-electron chi connectivity index (χ3n) is 3.09. The fourth-order valence-electron chi connectivity index (χ4n) is 2.03. The zero-order valence-electron chi connectivity index (χ0n) is 10.2. The summed E-state index contributed by atoms with van der Waals surface area (Å²) in [5.74, 6) is 0. The van der Waals surface area contributed by atoms with E-state index in [9.17, 15) is 0 Å². The van der Waals surface area contributed by atoms with E-state index in [1.54, 1.807) is 0 Å². The molecule has 1 fully saturated rings. The van der Waals surface area contributed by atoms with Crippen molar-refractivity contribution in [3.8, 4) is 0 Å². The minimum absolute atomic E-state index is 0.532. The van der Waals surface area contributed by atoms with Crippen molar-refractivity contribution in [2.75, 3.05) is 38.2 Å². The second-order valence-electron chi connectivity index (χ2n) is 4.37. The molecule has 1 aromatic rings. The van der Waals surface area contributed by atoms with Gasteiger partial charge in [-0.2, -0.15) is 0 Å². The van der Waals surface area contributed by atoms with E-state index >= 15 is 0 Å². The molecule has 1 unspecified atom stereocenters. The minimum atomic E-state index is 0.532. The molecule has 4 heteroatoms. The van der Waals surface area contributed by atoms with Gasteiger partial charge in [-0.15, -0.1) is 0 Å². The monoisotopic (exact) mass is 298 g/mol. The second-order valence-corrected chi connectivity index (χ2v) is 5.22. The van der Waals surface area contributed by atoms with E-state index in [1.807, 2.05) is 12.1 Å². The zero-order chi connectivity index (χ0) is 12.1. The van der Waals surface area contributed by atoms with Gasteiger partial charge in [0.1, 0.15) is 0 Å². The molecule has 0 aliphatic carbocycles. The number of nitrogens with zero attached hydrogens (tertiary/aromatic N) is 1. The van der Waals surface area contributed by atoms with E-state index in [4.69, 9.17) is 4.74 Å². The molecule has 0 amide bonds. The molecular formula is C13H19BrN2O. The highest BCUT2D eigenvalue weighted by Gasteiger charge is 2.17. The molecule has 1 heterocycles. The van der Waals surface area contributed by atoms with Crippen LogP contribution in [0.15, 0.2) is 28.7 Å². The minimum Gasteiger partial charge on any atom is -0.383 e. The Hall–Kier alpha value is -0.580. The molecular weight excluding hydrogens is 280 g/mol. The summed E-state index contributed by atoms with van der Waals surface area (Å²) in [6.07, 6.45) is 0. The van der Waals surface area contributed by atoms with Gasteiger partial charge in [0.15, 0.2) is 0 Å². The quantitative estimate of drug-likeness (QED) is 0.925. The van der Waals surface area contributed by atoms with E-state index < -0.39 is 0 Å². The summed E-state index contributed by atoms with van der Waals surface area (Å²) in [6, 6.07) is 8.75. The van der Waals surface area contributed by atoms with Crippen molar-refractivity contribution >= 4 is 21.6 Å². The molecule has 3 nitrogen and oxygen atoms in total. The number of benzene rings is 1. The van der Waals surface area contributed by atoms with Gasteiger partial charge in [0.25, 0.3) is 0 Å². The highest BCUT2D eigenvalue weighted by molar-refractivity contribution is 9.10. The number of ether oxygens (including phenoxy) is 1. The maximum Gasteiger partial charge on any atom is 0.0619 e. The van der Waals surface area contributed by atoms with Gasteiger partial charge in [0, 0.05) is 35.8 Å². The molecule has 1 aliphatic heterocycles. The number of para-hydroxylation sites is 1. The van der Waals surface area contributed by atoms with Gasteiger partial charge in [-0.3, -0.25) is 4.90 Å². The van der Waals surface area contributed by atoms with Crippen molar-refractivity contribution < 1.29 is 4.74 Å². The number of anilines is 1. The molecule has 17 heavy (non-hydrogen) atoms. The van der Waals surface area contributed by atoms with Crippen LogP contribution in [-0.2, 0) is 4.74 Å². The van der Waals surface area contributed by atoms with E-state index in [-0.39, 0.29) is 0 Å². The molecule has 0 bridgehead atoms. The van der Waals surface area contributed by atoms with Gasteiger partial charge in [0.05, 0.1) is 13.2 Å². The van der Waals surface area contributed by atoms with Gasteiger partial charge in [0.2, 0.25) is 0 Å². The van der Waals surface area contributed by atoms with E-state index in [0.717, 1.165) is 43.0 Å². The molecule has 1 aliphatic rings. The maximum absolute atomic E-state index is 5.43. The summed E-state index contributed by atoms with van der Waals surface area (Å²) in [5, 5.41) is 3.45. The average Bonchev–Trinajstić information content (AvgIpc) is 2.34. The first kappa shape index (κ1) is 12.9. The molecule has 0 radical (unpaired) electrons. The Balaban J connectivity index is 1.77. The van der Waals surface area contributed by atoms with Crippen molar-refractivity contribution in [1.29, 1.82) is 0 Å². The predicted octanol–water partition coefficient (Wildman–Crippen LogP) is 2.58. The van der Waals surface area contributed by atoms with E-state index in [1.165, 1.54) is 0 Å². The summed E-state index contributed by atoms with van der Waals surface area (Å²) in [5.41, 5.74) is 1.16. The number of halogens is 1. The van der Waals surface area contributed by atoms with Crippen molar-refractivity contribution in [2.24, 2.45) is 0 Å². The van der Waals surface area contributed by atoms with Crippen LogP contribution in [-0.4, -0.2) is 43.8 Å². The summed E-state index contributed by atoms with van der Waals surface area (Å²) in [7, 11) is 0. The first-order valence-electron chi connectivity index (χ1n) is 6.07. The number of hydrogen-bond donors (Lipinski definition) is 1. The van der Waals surface area contributed by atoms with Gasteiger partial charge in [-0.25, -0.2) is 0 Å². The largest absolute Gasteiger partial charge is 0.383 e. The summed E-state index contributed by atoms with van der Waals surface area (Å²) in [4.78, 5) is 2.47. The molecule has 1 saturated heterocycles. The lowest BCUT2D eigenvalue weighted by atomic mass is 10.2. The predicted molar refractivity (Wildman–Crippen MR) is 74.5 cm³/mol. The average molecular weight is 299 g/mol. The molecule has 94 valence electrons. The lowest BCUT2D eigenvalue weighted by Crippen LogP contribution is -2.45. The Morgan fingerprint density at radius 3 is 3.06 bits per heavy atom. The summed E-state index contributed by atoms with van der Waals surface area (Å²) in [6.45, 7) is 7.00. The van der Waals surface area contributed by atoms with Crippen molar-refractivity contribution in [2.45, 2.75) is 13.0 Å². The number of hydrogen-bond acceptors (Lipinski definition) is 3. The molecule has 2 rings (SSSR count). The molecule has 1 atom stereocenters. The van der Waals surface area contributed by atoms with Crippen LogP contribution in [0, 0.1) is 0 Å². The van der Waals surface area contributed by atoms with Crippen LogP contribution in [0.2, 0.25) is 0 Å². The van der Waals surface area contributed by atoms with Crippen LogP contribution in [0.4, 0.5) is 5.69 Å². The van der Waals surface area contributed by atoms with Crippen LogP contribution in [0.5, 0.6) is 0 Å². The first-order chi connectivity index (χ1) is 8.27. The number of morpholine rings is 1. The Morgan fingerprint density at radius 2 is 2.29 bits per heavy atom. The topological polar surface area (TPSA) is 24.5 Å². The van der Waals surface area contributed by atoms with E-state index in [2.05, 4.69) is 45.2 Å². The lowest BCUT2D eigenvalue weighted by Gasteiger charge is -2.33. The van der Waals surface area contributed by atoms with Gasteiger partial charge < -0.3 is 10.1 Å². The Labute approximate surface area is 111 Å². The van der Waals surface area contributed by atoms with Crippen molar-refractivity contribution in [3.63, 3.8) is 0 Å². The molecule has 0 spiro atoms. The fraction of sp³-hybridized carbons (Fsp3) is 0.538. The normalized spacial score (nSPS) is 21.4. The van der Waals surface area contributed by atoms with E-state index in [0.29, 0.717) is 6.04 Å². The van der Waals surface area contributed by atoms with Gasteiger partial charge in [-0.1, -0.05) is 12.1 Å². The number of nitrogens with one attached hydrogen (secondary N) is 1. The maximum atomic E-state index is 5.43. The number of rotatable bonds is 4. The van der Waals surface area contributed by atoms with Crippen LogP contribution < -0.4 is 5.32 Å². The molecule has 0 aromatic heterocycles. The van der Waals surface area contributed by atoms with Crippen molar-refractivity contribution in [1.82, 2.24) is 4.90 Å². The Bertz CT molecular complexity index is 359. The van der Waals surface area contributed by atoms with Crippen LogP contribution in [0.3, 0.4) is 0 Å². The zero-order valence-corrected chi connectivity index (χ0v) is 11.7. The third kappa shape index (κ3) is 3.69. The Kier molecular flexibility index (Phi) is 4.83. The highest BCUT2D eigenvalue weighted by Crippen LogP contribution is 2.20. The summed E-state index contributed by atoms with van der Waals surface area (Å²) < 4.78 is 6.55. The van der Waals surface area contributed by atoms with Crippen LogP contribution in [0.25, 0.3) is 0 Å². The Morgan fingerprint density at radius 1 is 1.47 bits per heavy atom. The lowest BCUT2D eigenvalue weighted by molar-refractivity contribution is 0.00181. The van der Waals surface area contributed by atoms with Crippen molar-refractivity contribution in [3.05, 3.63) is 28.7 Å². The van der Waals surface area contributed by atoms with Gasteiger partial charge in [-0.05, 0) is 35.0 Å². The molecule has 1 N–H and O–H groups in total. The molecule has 1 aromatic carbocycles.